The SMILES string of the molecule is CCCNC(=O)CNc1ncnc(NC)c1OC. The lowest BCUT2D eigenvalue weighted by Crippen LogP contribution is -2.30. The topological polar surface area (TPSA) is 88.2 Å². The molecule has 1 heterocycles. The van der Waals surface area contributed by atoms with Gasteiger partial charge < -0.3 is 20.7 Å². The van der Waals surface area contributed by atoms with Crippen molar-refractivity contribution in [2.75, 3.05) is 37.9 Å². The number of nitrogens with one attached hydrogen (secondary N) is 3. The Kier molecular flexibility index (Phi) is 5.69. The molecule has 0 aromatic carbocycles. The van der Waals surface area contributed by atoms with E-state index in [0.29, 0.717) is 23.9 Å². The molecule has 1 rings (SSSR count). The normalized spacial score (nSPS) is 9.72. The first kappa shape index (κ1) is 14.0. The number of methoxy groups -OCH3 is 1. The van der Waals surface area contributed by atoms with E-state index in [2.05, 4.69) is 25.9 Å². The Hall–Kier alpha value is -2.05. The molecule has 0 aliphatic carbocycles. The van der Waals surface area contributed by atoms with Crippen molar-refractivity contribution in [3.63, 3.8) is 0 Å². The van der Waals surface area contributed by atoms with Gasteiger partial charge in [-0.15, -0.1) is 0 Å². The fourth-order valence-corrected chi connectivity index (χ4v) is 1.36. The summed E-state index contributed by atoms with van der Waals surface area (Å²) in [6, 6.07) is 0. The monoisotopic (exact) mass is 253 g/mol. The maximum Gasteiger partial charge on any atom is 0.239 e. The van der Waals surface area contributed by atoms with Crippen molar-refractivity contribution in [2.45, 2.75) is 13.3 Å². The van der Waals surface area contributed by atoms with Gasteiger partial charge in [-0.05, 0) is 6.42 Å². The highest BCUT2D eigenvalue weighted by Crippen LogP contribution is 2.27. The van der Waals surface area contributed by atoms with Crippen LogP contribution in [-0.4, -0.2) is 43.1 Å². The van der Waals surface area contributed by atoms with E-state index in [1.807, 2.05) is 6.92 Å². The van der Waals surface area contributed by atoms with Crippen LogP contribution >= 0.6 is 0 Å². The largest absolute Gasteiger partial charge is 0.490 e. The third-order valence-electron chi connectivity index (χ3n) is 2.23. The highest BCUT2D eigenvalue weighted by molar-refractivity contribution is 5.81. The van der Waals surface area contributed by atoms with E-state index in [0.717, 1.165) is 6.42 Å². The summed E-state index contributed by atoms with van der Waals surface area (Å²) < 4.78 is 5.20. The van der Waals surface area contributed by atoms with Crippen molar-refractivity contribution in [3.05, 3.63) is 6.33 Å². The Bertz CT molecular complexity index is 397. The molecular formula is C11H19N5O2. The highest BCUT2D eigenvalue weighted by Gasteiger charge is 2.11. The Morgan fingerprint density at radius 3 is 2.72 bits per heavy atom. The smallest absolute Gasteiger partial charge is 0.239 e. The van der Waals surface area contributed by atoms with Crippen molar-refractivity contribution in [1.82, 2.24) is 15.3 Å². The molecule has 0 aliphatic heterocycles. The Balaban J connectivity index is 2.64. The molecule has 1 aromatic heterocycles. The zero-order chi connectivity index (χ0) is 13.4. The first-order valence-corrected chi connectivity index (χ1v) is 5.80. The van der Waals surface area contributed by atoms with Crippen LogP contribution in [0.3, 0.4) is 0 Å². The van der Waals surface area contributed by atoms with Gasteiger partial charge in [-0.2, -0.15) is 0 Å². The van der Waals surface area contributed by atoms with E-state index in [-0.39, 0.29) is 12.5 Å². The van der Waals surface area contributed by atoms with Crippen molar-refractivity contribution in [3.8, 4) is 5.75 Å². The molecule has 1 aromatic rings. The van der Waals surface area contributed by atoms with Crippen molar-refractivity contribution in [1.29, 1.82) is 0 Å². The predicted molar refractivity (Wildman–Crippen MR) is 69.9 cm³/mol. The maximum absolute atomic E-state index is 11.5. The lowest BCUT2D eigenvalue weighted by Gasteiger charge is -2.12. The number of nitrogens with zero attached hydrogens (tertiary/aromatic N) is 2. The molecule has 0 saturated heterocycles. The maximum atomic E-state index is 11.5. The Morgan fingerprint density at radius 1 is 1.39 bits per heavy atom. The number of rotatable bonds is 7. The summed E-state index contributed by atoms with van der Waals surface area (Å²) >= 11 is 0. The van der Waals surface area contributed by atoms with Crippen LogP contribution in [0, 0.1) is 0 Å². The number of amides is 1. The average Bonchev–Trinajstić information content (AvgIpc) is 2.41. The van der Waals surface area contributed by atoms with Gasteiger partial charge in [0.05, 0.1) is 13.7 Å². The average molecular weight is 253 g/mol. The second-order valence-corrected chi connectivity index (χ2v) is 3.56. The van der Waals surface area contributed by atoms with Crippen LogP contribution in [0.4, 0.5) is 11.6 Å². The summed E-state index contributed by atoms with van der Waals surface area (Å²) in [5.41, 5.74) is 0. The van der Waals surface area contributed by atoms with Gasteiger partial charge in [0.15, 0.2) is 11.6 Å². The molecule has 0 aliphatic rings. The van der Waals surface area contributed by atoms with Gasteiger partial charge in [0.25, 0.3) is 0 Å². The molecule has 100 valence electrons. The van der Waals surface area contributed by atoms with Gasteiger partial charge in [0.2, 0.25) is 11.7 Å². The zero-order valence-electron chi connectivity index (χ0n) is 10.9. The van der Waals surface area contributed by atoms with Crippen molar-refractivity contribution < 1.29 is 9.53 Å². The predicted octanol–water partition coefficient (Wildman–Crippen LogP) is 0.465. The summed E-state index contributed by atoms with van der Waals surface area (Å²) in [5.74, 6) is 1.47. The summed E-state index contributed by atoms with van der Waals surface area (Å²) in [6.45, 7) is 2.82. The van der Waals surface area contributed by atoms with Crippen molar-refractivity contribution in [2.24, 2.45) is 0 Å². The number of anilines is 2. The minimum atomic E-state index is -0.0801. The van der Waals surface area contributed by atoms with Gasteiger partial charge in [-0.25, -0.2) is 9.97 Å². The number of carbonyl (C=O) groups is 1. The third-order valence-corrected chi connectivity index (χ3v) is 2.23. The minimum Gasteiger partial charge on any atom is -0.490 e. The molecule has 0 spiro atoms. The van der Waals surface area contributed by atoms with Crippen LogP contribution < -0.4 is 20.7 Å². The molecule has 7 nitrogen and oxygen atoms in total. The van der Waals surface area contributed by atoms with Crippen LogP contribution in [0.15, 0.2) is 6.33 Å². The highest BCUT2D eigenvalue weighted by atomic mass is 16.5. The van der Waals surface area contributed by atoms with Crippen LogP contribution in [0.5, 0.6) is 5.75 Å². The van der Waals surface area contributed by atoms with E-state index >= 15 is 0 Å². The molecule has 18 heavy (non-hydrogen) atoms. The van der Waals surface area contributed by atoms with Gasteiger partial charge in [-0.1, -0.05) is 6.92 Å². The quantitative estimate of drug-likeness (QED) is 0.654. The van der Waals surface area contributed by atoms with E-state index in [9.17, 15) is 4.79 Å². The molecule has 0 bridgehead atoms. The van der Waals surface area contributed by atoms with Gasteiger partial charge in [0.1, 0.15) is 6.33 Å². The number of hydrogen-bond acceptors (Lipinski definition) is 6. The van der Waals surface area contributed by atoms with Crippen LogP contribution in [0.2, 0.25) is 0 Å². The van der Waals surface area contributed by atoms with E-state index in [1.165, 1.54) is 13.4 Å². The third kappa shape index (κ3) is 3.76. The Morgan fingerprint density at radius 2 is 2.11 bits per heavy atom. The molecule has 0 fully saturated rings. The van der Waals surface area contributed by atoms with E-state index < -0.39 is 0 Å². The molecule has 0 unspecified atom stereocenters. The fraction of sp³-hybridized carbons (Fsp3) is 0.545. The molecule has 7 heteroatoms. The van der Waals surface area contributed by atoms with Crippen LogP contribution in [0.1, 0.15) is 13.3 Å². The van der Waals surface area contributed by atoms with Crippen LogP contribution in [-0.2, 0) is 4.79 Å². The Labute approximate surface area is 106 Å². The second-order valence-electron chi connectivity index (χ2n) is 3.56. The standard InChI is InChI=1S/C11H19N5O2/c1-4-5-13-8(17)6-14-11-9(18-3)10(12-2)15-7-16-11/h7H,4-6H2,1-3H3,(H,13,17)(H2,12,14,15,16). The number of hydrogen-bond donors (Lipinski definition) is 3. The molecule has 1 amide bonds. The summed E-state index contributed by atoms with van der Waals surface area (Å²) in [5, 5.41) is 8.58. The zero-order valence-corrected chi connectivity index (χ0v) is 10.9. The number of aromatic nitrogens is 2. The summed E-state index contributed by atoms with van der Waals surface area (Å²) in [6.07, 6.45) is 2.31. The van der Waals surface area contributed by atoms with Gasteiger partial charge in [-0.3, -0.25) is 4.79 Å². The first-order chi connectivity index (χ1) is 8.72. The molecule has 0 atom stereocenters. The lowest BCUT2D eigenvalue weighted by atomic mass is 10.4. The van der Waals surface area contributed by atoms with E-state index in [4.69, 9.17) is 4.74 Å². The molecule has 3 N–H and O–H groups in total. The second kappa shape index (κ2) is 7.31. The summed E-state index contributed by atoms with van der Waals surface area (Å²) in [4.78, 5) is 19.5. The molecular weight excluding hydrogens is 234 g/mol. The fourth-order valence-electron chi connectivity index (χ4n) is 1.36. The number of ether oxygens (including phenoxy) is 1. The van der Waals surface area contributed by atoms with Crippen LogP contribution in [0.25, 0.3) is 0 Å². The van der Waals surface area contributed by atoms with E-state index in [1.54, 1.807) is 7.05 Å². The lowest BCUT2D eigenvalue weighted by molar-refractivity contribution is -0.119. The molecule has 0 saturated carbocycles. The van der Waals surface area contributed by atoms with Gasteiger partial charge in [0, 0.05) is 13.6 Å². The minimum absolute atomic E-state index is 0.0801. The van der Waals surface area contributed by atoms with Gasteiger partial charge >= 0.3 is 0 Å². The number of carbonyl (C=O) groups excluding carboxylic acids is 1. The molecule has 0 radical (unpaired) electrons. The van der Waals surface area contributed by atoms with Crippen molar-refractivity contribution >= 4 is 17.5 Å². The summed E-state index contributed by atoms with van der Waals surface area (Å²) in [7, 11) is 3.27. The first-order valence-electron chi connectivity index (χ1n) is 5.80.